The van der Waals surface area contributed by atoms with Gasteiger partial charge in [-0.3, -0.25) is 4.90 Å². The quantitative estimate of drug-likeness (QED) is 0.180. The fraction of sp³-hybridized carbons (Fsp3) is 0.162. The Morgan fingerprint density at radius 1 is 0.705 bits per heavy atom. The average Bonchev–Trinajstić information content (AvgIpc) is 3.50. The minimum absolute atomic E-state index is 0.249. The molecule has 0 N–H and O–H groups in total. The summed E-state index contributed by atoms with van der Waals surface area (Å²) in [5.74, 6) is 1.67. The van der Waals surface area contributed by atoms with Gasteiger partial charge in [-0.1, -0.05) is 84.4 Å². The van der Waals surface area contributed by atoms with Gasteiger partial charge in [0.2, 0.25) is 0 Å². The minimum Gasteiger partial charge on any atom is -0.489 e. The highest BCUT2D eigenvalue weighted by Gasteiger charge is 2.38. The Bertz CT molecular complexity index is 1710. The molecule has 1 fully saturated rings. The molecular weight excluding hydrogens is 568 g/mol. The predicted octanol–water partition coefficient (Wildman–Crippen LogP) is 8.14. The van der Waals surface area contributed by atoms with Crippen molar-refractivity contribution in [2.24, 2.45) is 5.10 Å². The van der Waals surface area contributed by atoms with Gasteiger partial charge in [-0.15, -0.1) is 0 Å². The van der Waals surface area contributed by atoms with Crippen molar-refractivity contribution in [2.75, 3.05) is 41.1 Å². The Kier molecular flexibility index (Phi) is 8.17. The van der Waals surface area contributed by atoms with Crippen LogP contribution in [0.3, 0.4) is 0 Å². The van der Waals surface area contributed by atoms with Crippen molar-refractivity contribution in [3.63, 3.8) is 0 Å². The molecule has 6 nitrogen and oxygen atoms in total. The third-order valence-electron chi connectivity index (χ3n) is 7.94. The molecule has 0 amide bonds. The summed E-state index contributed by atoms with van der Waals surface area (Å²) >= 11 is 6.09. The molecule has 0 unspecified atom stereocenters. The maximum absolute atomic E-state index is 6.28. The van der Waals surface area contributed by atoms with E-state index in [1.165, 1.54) is 5.69 Å². The van der Waals surface area contributed by atoms with E-state index in [1.54, 1.807) is 0 Å². The number of amidine groups is 1. The fourth-order valence-corrected chi connectivity index (χ4v) is 5.83. The van der Waals surface area contributed by atoms with Gasteiger partial charge >= 0.3 is 0 Å². The number of para-hydroxylation sites is 1. The number of benzene rings is 5. The summed E-state index contributed by atoms with van der Waals surface area (Å²) in [6.45, 7) is 3.75. The van der Waals surface area contributed by atoms with Crippen LogP contribution < -0.4 is 19.5 Å². The standard InChI is InChI=1S/C37H33ClN4O2/c38-31-16-14-28(15-17-31)27-44-35-13-7-10-30(26-35)37-41(33-20-18-32(19-21-33)40-22-24-43-25-23-40)36(29-8-3-1-4-9-29)39-42(37)34-11-5-2-6-12-34/h1-21,26,37H,22-25,27H2/t37-/m0/s1. The number of hydrogen-bond acceptors (Lipinski definition) is 6. The van der Waals surface area contributed by atoms with Gasteiger partial charge in [0.05, 0.1) is 18.9 Å². The Morgan fingerprint density at radius 2 is 1.39 bits per heavy atom. The lowest BCUT2D eigenvalue weighted by Crippen LogP contribution is -2.37. The second-order valence-electron chi connectivity index (χ2n) is 10.8. The van der Waals surface area contributed by atoms with E-state index in [0.29, 0.717) is 11.6 Å². The predicted molar refractivity (Wildman–Crippen MR) is 179 cm³/mol. The molecular formula is C37H33ClN4O2. The van der Waals surface area contributed by atoms with Crippen LogP contribution >= 0.6 is 11.6 Å². The van der Waals surface area contributed by atoms with Crippen molar-refractivity contribution in [2.45, 2.75) is 12.8 Å². The molecule has 0 aliphatic carbocycles. The summed E-state index contributed by atoms with van der Waals surface area (Å²) in [5, 5.41) is 8.10. The number of hydrogen-bond donors (Lipinski definition) is 0. The van der Waals surface area contributed by atoms with Crippen LogP contribution in [0.5, 0.6) is 5.75 Å². The van der Waals surface area contributed by atoms with E-state index in [9.17, 15) is 0 Å². The minimum atomic E-state index is -0.249. The van der Waals surface area contributed by atoms with Gasteiger partial charge in [0.25, 0.3) is 0 Å². The maximum atomic E-state index is 6.28. The highest BCUT2D eigenvalue weighted by Crippen LogP contribution is 2.41. The monoisotopic (exact) mass is 600 g/mol. The van der Waals surface area contributed by atoms with Gasteiger partial charge in [-0.05, 0) is 66.2 Å². The zero-order chi connectivity index (χ0) is 29.7. The van der Waals surface area contributed by atoms with Crippen LogP contribution in [0, 0.1) is 0 Å². The SMILES string of the molecule is Clc1ccc(COc2cccc([C@@H]3N(c4ccccc4)N=C(c4ccccc4)N3c3ccc(N4CCOCC4)cc3)c2)cc1. The van der Waals surface area contributed by atoms with Gasteiger partial charge in [0.15, 0.2) is 12.0 Å². The molecule has 5 aromatic rings. The van der Waals surface area contributed by atoms with Crippen molar-refractivity contribution < 1.29 is 9.47 Å². The zero-order valence-electron chi connectivity index (χ0n) is 24.3. The van der Waals surface area contributed by atoms with E-state index in [1.807, 2.05) is 42.5 Å². The zero-order valence-corrected chi connectivity index (χ0v) is 25.1. The number of rotatable bonds is 8. The number of ether oxygens (including phenoxy) is 2. The van der Waals surface area contributed by atoms with Gasteiger partial charge in [-0.2, -0.15) is 5.10 Å². The number of nitrogens with zero attached hydrogens (tertiary/aromatic N) is 4. The smallest absolute Gasteiger partial charge is 0.162 e. The topological polar surface area (TPSA) is 40.5 Å². The fourth-order valence-electron chi connectivity index (χ4n) is 5.71. The molecule has 0 aromatic heterocycles. The summed E-state index contributed by atoms with van der Waals surface area (Å²) in [6, 6.07) is 45.6. The Labute approximate surface area is 263 Å². The third kappa shape index (κ3) is 6.00. The normalized spacial score (nSPS) is 16.6. The molecule has 2 aliphatic heterocycles. The summed E-state index contributed by atoms with van der Waals surface area (Å²) in [5.41, 5.74) is 6.43. The molecule has 44 heavy (non-hydrogen) atoms. The first-order valence-corrected chi connectivity index (χ1v) is 15.3. The lowest BCUT2D eigenvalue weighted by molar-refractivity contribution is 0.122. The second kappa shape index (κ2) is 12.8. The first kappa shape index (κ1) is 28.0. The molecule has 1 saturated heterocycles. The van der Waals surface area contributed by atoms with E-state index in [-0.39, 0.29) is 6.17 Å². The number of hydrazone groups is 1. The summed E-state index contributed by atoms with van der Waals surface area (Å²) in [7, 11) is 0. The van der Waals surface area contributed by atoms with Gasteiger partial charge < -0.3 is 14.4 Å². The van der Waals surface area contributed by atoms with Crippen molar-refractivity contribution in [3.8, 4) is 5.75 Å². The van der Waals surface area contributed by atoms with E-state index >= 15 is 0 Å². The first-order valence-electron chi connectivity index (χ1n) is 14.9. The largest absolute Gasteiger partial charge is 0.489 e. The summed E-state index contributed by atoms with van der Waals surface area (Å²) in [4.78, 5) is 4.70. The van der Waals surface area contributed by atoms with Gasteiger partial charge in [-0.25, -0.2) is 5.01 Å². The highest BCUT2D eigenvalue weighted by molar-refractivity contribution is 6.30. The van der Waals surface area contributed by atoms with Crippen LogP contribution in [0.2, 0.25) is 5.02 Å². The van der Waals surface area contributed by atoms with Crippen LogP contribution in [0.1, 0.15) is 22.9 Å². The molecule has 5 aromatic carbocycles. The van der Waals surface area contributed by atoms with Crippen molar-refractivity contribution in [1.29, 1.82) is 0 Å². The molecule has 2 heterocycles. The molecule has 2 aliphatic rings. The van der Waals surface area contributed by atoms with Crippen LogP contribution in [-0.2, 0) is 11.3 Å². The molecule has 0 bridgehead atoms. The molecule has 0 saturated carbocycles. The van der Waals surface area contributed by atoms with E-state index in [4.69, 9.17) is 26.2 Å². The third-order valence-corrected chi connectivity index (χ3v) is 8.19. The Balaban J connectivity index is 1.28. The number of anilines is 3. The lowest BCUT2D eigenvalue weighted by Gasteiger charge is -2.33. The first-order chi connectivity index (χ1) is 21.7. The highest BCUT2D eigenvalue weighted by atomic mass is 35.5. The molecule has 7 rings (SSSR count). The van der Waals surface area contributed by atoms with Crippen LogP contribution in [0.4, 0.5) is 17.1 Å². The van der Waals surface area contributed by atoms with Crippen molar-refractivity contribution in [1.82, 2.24) is 0 Å². The Hall–Kier alpha value is -4.78. The van der Waals surface area contributed by atoms with Crippen LogP contribution in [0.25, 0.3) is 0 Å². The maximum Gasteiger partial charge on any atom is 0.162 e. The van der Waals surface area contributed by atoms with Gasteiger partial charge in [0.1, 0.15) is 12.4 Å². The molecule has 0 radical (unpaired) electrons. The molecule has 0 spiro atoms. The van der Waals surface area contributed by atoms with E-state index in [2.05, 4.69) is 106 Å². The van der Waals surface area contributed by atoms with Crippen molar-refractivity contribution in [3.05, 3.63) is 155 Å². The number of halogens is 1. The van der Waals surface area contributed by atoms with E-state index in [0.717, 1.165) is 66.0 Å². The summed E-state index contributed by atoms with van der Waals surface area (Å²) < 4.78 is 11.9. The van der Waals surface area contributed by atoms with Crippen LogP contribution in [-0.4, -0.2) is 32.1 Å². The lowest BCUT2D eigenvalue weighted by atomic mass is 10.1. The molecule has 1 atom stereocenters. The van der Waals surface area contributed by atoms with E-state index < -0.39 is 0 Å². The van der Waals surface area contributed by atoms with Gasteiger partial charge in [0, 0.05) is 40.6 Å². The van der Waals surface area contributed by atoms with Crippen LogP contribution in [0.15, 0.2) is 139 Å². The second-order valence-corrected chi connectivity index (χ2v) is 11.3. The molecule has 220 valence electrons. The van der Waals surface area contributed by atoms with Crippen molar-refractivity contribution >= 4 is 34.5 Å². The average molecular weight is 601 g/mol. The Morgan fingerprint density at radius 3 is 2.11 bits per heavy atom. The molecule has 7 heteroatoms. The number of morpholine rings is 1. The summed E-state index contributed by atoms with van der Waals surface area (Å²) in [6.07, 6.45) is -0.249.